The van der Waals surface area contributed by atoms with Crippen LogP contribution >= 0.6 is 0 Å². The first kappa shape index (κ1) is 13.1. The van der Waals surface area contributed by atoms with E-state index >= 15 is 0 Å². The van der Waals surface area contributed by atoms with E-state index < -0.39 is 17.2 Å². The molecule has 1 aromatic carbocycles. The van der Waals surface area contributed by atoms with Crippen molar-refractivity contribution in [3.8, 4) is 0 Å². The van der Waals surface area contributed by atoms with Gasteiger partial charge < -0.3 is 9.84 Å². The molecule has 0 saturated heterocycles. The van der Waals surface area contributed by atoms with Gasteiger partial charge in [0, 0.05) is 13.5 Å². The predicted octanol–water partition coefficient (Wildman–Crippen LogP) is 2.29. The average Bonchev–Trinajstić information content (AvgIpc) is 2.24. The maximum Gasteiger partial charge on any atom is 0.126 e. The molecule has 0 bridgehead atoms. The molecule has 1 unspecified atom stereocenters. The molecule has 0 aliphatic rings. The molecule has 0 radical (unpaired) electrons. The average molecular weight is 230 g/mol. The van der Waals surface area contributed by atoms with Gasteiger partial charge in [-0.1, -0.05) is 6.92 Å². The Balaban J connectivity index is 2.89. The van der Waals surface area contributed by atoms with Crippen molar-refractivity contribution in [2.45, 2.75) is 25.4 Å². The topological polar surface area (TPSA) is 29.5 Å². The van der Waals surface area contributed by atoms with Gasteiger partial charge in [-0.25, -0.2) is 8.78 Å². The smallest absolute Gasteiger partial charge is 0.126 e. The van der Waals surface area contributed by atoms with E-state index in [-0.39, 0.29) is 18.6 Å². The number of rotatable bonds is 5. The number of methoxy groups -OCH3 is 1. The minimum atomic E-state index is -1.15. The summed E-state index contributed by atoms with van der Waals surface area (Å²) in [6, 6.07) is 3.22. The number of benzene rings is 1. The van der Waals surface area contributed by atoms with Crippen molar-refractivity contribution >= 4 is 0 Å². The molecule has 1 aromatic rings. The zero-order valence-electron chi connectivity index (χ0n) is 9.46. The Hall–Kier alpha value is -1.00. The standard InChI is InChI=1S/C12H16F2O2/c1-3-12(15,8-16-2)7-9-6-10(13)4-5-11(9)14/h4-6,15H,3,7-8H2,1-2H3. The quantitative estimate of drug-likeness (QED) is 0.841. The van der Waals surface area contributed by atoms with Crippen molar-refractivity contribution in [3.05, 3.63) is 35.4 Å². The summed E-state index contributed by atoms with van der Waals surface area (Å²) in [5.41, 5.74) is -0.981. The molecule has 1 rings (SSSR count). The monoisotopic (exact) mass is 230 g/mol. The van der Waals surface area contributed by atoms with Crippen LogP contribution in [0.25, 0.3) is 0 Å². The van der Waals surface area contributed by atoms with Gasteiger partial charge in [-0.3, -0.25) is 0 Å². The molecule has 4 heteroatoms. The third-order valence-electron chi connectivity index (χ3n) is 2.60. The second kappa shape index (κ2) is 5.37. The Morgan fingerprint density at radius 1 is 1.38 bits per heavy atom. The number of aliphatic hydroxyl groups is 1. The maximum atomic E-state index is 13.4. The lowest BCUT2D eigenvalue weighted by Gasteiger charge is -2.26. The third-order valence-corrected chi connectivity index (χ3v) is 2.60. The van der Waals surface area contributed by atoms with E-state index in [9.17, 15) is 13.9 Å². The Morgan fingerprint density at radius 3 is 2.62 bits per heavy atom. The minimum Gasteiger partial charge on any atom is -0.387 e. The Labute approximate surface area is 93.9 Å². The van der Waals surface area contributed by atoms with E-state index in [1.54, 1.807) is 6.92 Å². The van der Waals surface area contributed by atoms with Crippen LogP contribution in [0.2, 0.25) is 0 Å². The molecule has 0 saturated carbocycles. The molecule has 2 nitrogen and oxygen atoms in total. The lowest BCUT2D eigenvalue weighted by molar-refractivity contribution is -0.0338. The van der Waals surface area contributed by atoms with Crippen LogP contribution in [0.3, 0.4) is 0 Å². The van der Waals surface area contributed by atoms with E-state index in [1.807, 2.05) is 0 Å². The fraction of sp³-hybridized carbons (Fsp3) is 0.500. The van der Waals surface area contributed by atoms with E-state index in [0.29, 0.717) is 6.42 Å². The van der Waals surface area contributed by atoms with Gasteiger partial charge in [-0.2, -0.15) is 0 Å². The fourth-order valence-corrected chi connectivity index (χ4v) is 1.58. The van der Waals surface area contributed by atoms with Crippen molar-refractivity contribution in [3.63, 3.8) is 0 Å². The fourth-order valence-electron chi connectivity index (χ4n) is 1.58. The molecule has 1 atom stereocenters. The van der Waals surface area contributed by atoms with Crippen molar-refractivity contribution in [1.82, 2.24) is 0 Å². The number of hydrogen-bond donors (Lipinski definition) is 1. The predicted molar refractivity (Wildman–Crippen MR) is 57.2 cm³/mol. The van der Waals surface area contributed by atoms with Crippen LogP contribution in [-0.4, -0.2) is 24.4 Å². The summed E-state index contributed by atoms with van der Waals surface area (Å²) >= 11 is 0. The normalized spacial score (nSPS) is 14.8. The highest BCUT2D eigenvalue weighted by Crippen LogP contribution is 2.20. The number of hydrogen-bond acceptors (Lipinski definition) is 2. The zero-order valence-corrected chi connectivity index (χ0v) is 9.46. The van der Waals surface area contributed by atoms with Crippen LogP contribution in [0.1, 0.15) is 18.9 Å². The van der Waals surface area contributed by atoms with Crippen LogP contribution in [0.5, 0.6) is 0 Å². The van der Waals surface area contributed by atoms with Gasteiger partial charge in [0.2, 0.25) is 0 Å². The molecule has 90 valence electrons. The minimum absolute atomic E-state index is 0.0426. The molecule has 0 fully saturated rings. The summed E-state index contributed by atoms with van der Waals surface area (Å²) in [6.45, 7) is 1.87. The zero-order chi connectivity index (χ0) is 12.2. The van der Waals surface area contributed by atoms with Gasteiger partial charge in [0.15, 0.2) is 0 Å². The molecule has 1 N–H and O–H groups in total. The van der Waals surface area contributed by atoms with Gasteiger partial charge in [0.05, 0.1) is 12.2 Å². The van der Waals surface area contributed by atoms with E-state index in [4.69, 9.17) is 4.74 Å². The lowest BCUT2D eigenvalue weighted by Crippen LogP contribution is -2.36. The molecule has 0 amide bonds. The maximum absolute atomic E-state index is 13.4. The molecule has 0 aliphatic carbocycles. The Morgan fingerprint density at radius 2 is 2.06 bits per heavy atom. The van der Waals surface area contributed by atoms with Crippen LogP contribution in [0.4, 0.5) is 8.78 Å². The molecule has 0 heterocycles. The first-order valence-corrected chi connectivity index (χ1v) is 5.16. The molecular weight excluding hydrogens is 214 g/mol. The Bertz CT molecular complexity index is 355. The second-order valence-corrected chi connectivity index (χ2v) is 3.92. The van der Waals surface area contributed by atoms with Crippen molar-refractivity contribution < 1.29 is 18.6 Å². The van der Waals surface area contributed by atoms with E-state index in [1.165, 1.54) is 7.11 Å². The van der Waals surface area contributed by atoms with E-state index in [0.717, 1.165) is 18.2 Å². The summed E-state index contributed by atoms with van der Waals surface area (Å²) in [4.78, 5) is 0. The summed E-state index contributed by atoms with van der Waals surface area (Å²) in [5.74, 6) is -1.02. The highest BCUT2D eigenvalue weighted by molar-refractivity contribution is 5.20. The molecule has 0 aliphatic heterocycles. The van der Waals surface area contributed by atoms with Gasteiger partial charge in [-0.05, 0) is 30.2 Å². The van der Waals surface area contributed by atoms with Gasteiger partial charge in [0.25, 0.3) is 0 Å². The van der Waals surface area contributed by atoms with Crippen LogP contribution in [0.15, 0.2) is 18.2 Å². The molecule has 0 spiro atoms. The summed E-state index contributed by atoms with van der Waals surface area (Å²) < 4.78 is 31.2. The second-order valence-electron chi connectivity index (χ2n) is 3.92. The SMILES string of the molecule is CCC(O)(COC)Cc1cc(F)ccc1F. The van der Waals surface area contributed by atoms with E-state index in [2.05, 4.69) is 0 Å². The van der Waals surface area contributed by atoms with Gasteiger partial charge in [0.1, 0.15) is 11.6 Å². The lowest BCUT2D eigenvalue weighted by atomic mass is 9.92. The van der Waals surface area contributed by atoms with Crippen molar-refractivity contribution in [1.29, 1.82) is 0 Å². The van der Waals surface area contributed by atoms with Gasteiger partial charge >= 0.3 is 0 Å². The first-order chi connectivity index (χ1) is 7.50. The van der Waals surface area contributed by atoms with Crippen LogP contribution in [-0.2, 0) is 11.2 Å². The molecule has 16 heavy (non-hydrogen) atoms. The Kier molecular flexibility index (Phi) is 4.38. The van der Waals surface area contributed by atoms with Crippen LogP contribution < -0.4 is 0 Å². The number of halogens is 2. The van der Waals surface area contributed by atoms with Gasteiger partial charge in [-0.15, -0.1) is 0 Å². The number of ether oxygens (including phenoxy) is 1. The summed E-state index contributed by atoms with van der Waals surface area (Å²) in [6.07, 6.45) is 0.456. The largest absolute Gasteiger partial charge is 0.387 e. The first-order valence-electron chi connectivity index (χ1n) is 5.16. The van der Waals surface area contributed by atoms with Crippen molar-refractivity contribution in [2.75, 3.05) is 13.7 Å². The van der Waals surface area contributed by atoms with Crippen molar-refractivity contribution in [2.24, 2.45) is 0 Å². The molecular formula is C12H16F2O2. The highest BCUT2D eigenvalue weighted by Gasteiger charge is 2.26. The summed E-state index contributed by atoms with van der Waals surface area (Å²) in [7, 11) is 1.46. The summed E-state index contributed by atoms with van der Waals surface area (Å²) in [5, 5.41) is 10.1. The highest BCUT2D eigenvalue weighted by atomic mass is 19.1. The molecule has 0 aromatic heterocycles. The third kappa shape index (κ3) is 3.25. The van der Waals surface area contributed by atoms with Crippen LogP contribution in [0, 0.1) is 11.6 Å².